The van der Waals surface area contributed by atoms with E-state index in [1.165, 1.54) is 4.90 Å². The molecule has 1 rings (SSSR count). The maximum atomic E-state index is 11.7. The predicted octanol–water partition coefficient (Wildman–Crippen LogP) is 2.22. The molecule has 0 saturated heterocycles. The van der Waals surface area contributed by atoms with Gasteiger partial charge in [0.2, 0.25) is 0 Å². The van der Waals surface area contributed by atoms with Crippen LogP contribution >= 0.6 is 11.8 Å². The average molecular weight is 282 g/mol. The summed E-state index contributed by atoms with van der Waals surface area (Å²) in [5, 5.41) is 14.6. The van der Waals surface area contributed by atoms with Gasteiger partial charge in [-0.05, 0) is 36.8 Å². The van der Waals surface area contributed by atoms with Gasteiger partial charge in [0.25, 0.3) is 0 Å². The molecule has 0 heterocycles. The van der Waals surface area contributed by atoms with Gasteiger partial charge in [-0.3, -0.25) is 0 Å². The first-order valence-electron chi connectivity index (χ1n) is 6.35. The number of hydrogen-bond acceptors (Lipinski definition) is 3. The largest absolute Gasteiger partial charge is 0.396 e. The number of carbonyl (C=O) groups excluding carboxylic acids is 1. The zero-order valence-electron chi connectivity index (χ0n) is 11.6. The molecule has 0 aliphatic carbocycles. The summed E-state index contributed by atoms with van der Waals surface area (Å²) in [6.45, 7) is 4.35. The van der Waals surface area contributed by atoms with Crippen molar-refractivity contribution in [1.82, 2.24) is 10.6 Å². The van der Waals surface area contributed by atoms with Crippen molar-refractivity contribution in [2.75, 3.05) is 12.9 Å². The second-order valence-corrected chi connectivity index (χ2v) is 5.50. The van der Waals surface area contributed by atoms with Gasteiger partial charge in [0.15, 0.2) is 0 Å². The van der Waals surface area contributed by atoms with Crippen molar-refractivity contribution in [3.05, 3.63) is 29.8 Å². The Balaban J connectivity index is 2.37. The van der Waals surface area contributed by atoms with Gasteiger partial charge in [-0.1, -0.05) is 19.1 Å². The third kappa shape index (κ3) is 5.53. The molecule has 19 heavy (non-hydrogen) atoms. The fraction of sp³-hybridized carbons (Fsp3) is 0.500. The topological polar surface area (TPSA) is 61.4 Å². The van der Waals surface area contributed by atoms with Gasteiger partial charge in [0.05, 0.1) is 0 Å². The first-order chi connectivity index (χ1) is 9.06. The summed E-state index contributed by atoms with van der Waals surface area (Å²) >= 11 is 1.69. The molecule has 0 saturated carbocycles. The molecule has 106 valence electrons. The SMILES string of the molecule is CSc1ccc(CNC(=O)NC(C)C(C)CO)cc1. The Bertz CT molecular complexity index is 395. The number of rotatable bonds is 6. The van der Waals surface area contributed by atoms with E-state index >= 15 is 0 Å². The molecule has 0 aliphatic heterocycles. The first-order valence-corrected chi connectivity index (χ1v) is 7.57. The van der Waals surface area contributed by atoms with E-state index in [0.29, 0.717) is 6.54 Å². The summed E-state index contributed by atoms with van der Waals surface area (Å²) < 4.78 is 0. The van der Waals surface area contributed by atoms with Crippen LogP contribution in [0.25, 0.3) is 0 Å². The fourth-order valence-corrected chi connectivity index (χ4v) is 1.89. The van der Waals surface area contributed by atoms with Crippen LogP contribution in [-0.2, 0) is 6.54 Å². The van der Waals surface area contributed by atoms with E-state index in [2.05, 4.69) is 10.6 Å². The Morgan fingerprint density at radius 2 is 1.95 bits per heavy atom. The van der Waals surface area contributed by atoms with Crippen LogP contribution in [0.2, 0.25) is 0 Å². The van der Waals surface area contributed by atoms with Gasteiger partial charge in [-0.15, -0.1) is 11.8 Å². The van der Waals surface area contributed by atoms with Gasteiger partial charge in [-0.25, -0.2) is 4.79 Å². The molecule has 5 heteroatoms. The van der Waals surface area contributed by atoms with Gasteiger partial charge in [0.1, 0.15) is 0 Å². The van der Waals surface area contributed by atoms with Gasteiger partial charge in [-0.2, -0.15) is 0 Å². The summed E-state index contributed by atoms with van der Waals surface area (Å²) in [4.78, 5) is 12.9. The monoisotopic (exact) mass is 282 g/mol. The Morgan fingerprint density at radius 3 is 2.47 bits per heavy atom. The second-order valence-electron chi connectivity index (χ2n) is 4.62. The highest BCUT2D eigenvalue weighted by atomic mass is 32.2. The van der Waals surface area contributed by atoms with E-state index in [-0.39, 0.29) is 24.6 Å². The van der Waals surface area contributed by atoms with E-state index in [9.17, 15) is 4.79 Å². The minimum Gasteiger partial charge on any atom is -0.396 e. The van der Waals surface area contributed by atoms with Crippen LogP contribution in [0.1, 0.15) is 19.4 Å². The highest BCUT2D eigenvalue weighted by Crippen LogP contribution is 2.14. The smallest absolute Gasteiger partial charge is 0.315 e. The van der Waals surface area contributed by atoms with E-state index < -0.39 is 0 Å². The van der Waals surface area contributed by atoms with Gasteiger partial charge in [0, 0.05) is 24.1 Å². The molecule has 0 aliphatic rings. The first kappa shape index (κ1) is 15.9. The van der Waals surface area contributed by atoms with Crippen molar-refractivity contribution in [1.29, 1.82) is 0 Å². The van der Waals surface area contributed by atoms with Gasteiger partial charge < -0.3 is 15.7 Å². The third-order valence-electron chi connectivity index (χ3n) is 3.11. The molecule has 0 aromatic heterocycles. The van der Waals surface area contributed by atoms with Crippen LogP contribution in [0.3, 0.4) is 0 Å². The average Bonchev–Trinajstić information content (AvgIpc) is 2.44. The van der Waals surface area contributed by atoms with Crippen LogP contribution < -0.4 is 10.6 Å². The minimum absolute atomic E-state index is 0.0478. The number of benzene rings is 1. The molecule has 2 unspecified atom stereocenters. The Labute approximate surface area is 119 Å². The molecule has 3 N–H and O–H groups in total. The van der Waals surface area contributed by atoms with Crippen molar-refractivity contribution in [2.45, 2.75) is 31.3 Å². The highest BCUT2D eigenvalue weighted by Gasteiger charge is 2.13. The van der Waals surface area contributed by atoms with Gasteiger partial charge >= 0.3 is 6.03 Å². The lowest BCUT2D eigenvalue weighted by molar-refractivity contribution is 0.200. The van der Waals surface area contributed by atoms with E-state index in [1.807, 2.05) is 44.4 Å². The number of aliphatic hydroxyl groups is 1. The summed E-state index contributed by atoms with van der Waals surface area (Å²) in [6, 6.07) is 7.83. The number of nitrogens with one attached hydrogen (secondary N) is 2. The summed E-state index contributed by atoms with van der Waals surface area (Å²) in [5.41, 5.74) is 1.07. The molecule has 0 bridgehead atoms. The number of carbonyl (C=O) groups is 1. The normalized spacial score (nSPS) is 13.7. The number of thioether (sulfide) groups is 1. The maximum absolute atomic E-state index is 11.7. The van der Waals surface area contributed by atoms with E-state index in [0.717, 1.165) is 5.56 Å². The Kier molecular flexibility index (Phi) is 6.73. The molecule has 4 nitrogen and oxygen atoms in total. The zero-order valence-corrected chi connectivity index (χ0v) is 12.5. The van der Waals surface area contributed by atoms with Crippen molar-refractivity contribution >= 4 is 17.8 Å². The third-order valence-corrected chi connectivity index (χ3v) is 3.86. The van der Waals surface area contributed by atoms with Crippen molar-refractivity contribution in [3.8, 4) is 0 Å². The van der Waals surface area contributed by atoms with E-state index in [4.69, 9.17) is 5.11 Å². The van der Waals surface area contributed by atoms with Crippen LogP contribution in [0.5, 0.6) is 0 Å². The zero-order chi connectivity index (χ0) is 14.3. The standard InChI is InChI=1S/C14H22N2O2S/c1-10(9-17)11(2)16-14(18)15-8-12-4-6-13(19-3)7-5-12/h4-7,10-11,17H,8-9H2,1-3H3,(H2,15,16,18). The molecule has 2 amide bonds. The molecule has 1 aromatic carbocycles. The predicted molar refractivity (Wildman–Crippen MR) is 79.3 cm³/mol. The lowest BCUT2D eigenvalue weighted by atomic mass is 10.1. The molecule has 2 atom stereocenters. The molecule has 0 fully saturated rings. The molecule has 1 aromatic rings. The molecule has 0 radical (unpaired) electrons. The Hall–Kier alpha value is -1.20. The summed E-state index contributed by atoms with van der Waals surface area (Å²) in [5.74, 6) is 0.0478. The fourth-order valence-electron chi connectivity index (χ4n) is 1.48. The number of aliphatic hydroxyl groups excluding tert-OH is 1. The Morgan fingerprint density at radius 1 is 1.32 bits per heavy atom. The molecular formula is C14H22N2O2S. The van der Waals surface area contributed by atoms with Crippen molar-refractivity contribution < 1.29 is 9.90 Å². The van der Waals surface area contributed by atoms with Crippen LogP contribution in [0.4, 0.5) is 4.79 Å². The number of hydrogen-bond donors (Lipinski definition) is 3. The lowest BCUT2D eigenvalue weighted by Crippen LogP contribution is -2.43. The van der Waals surface area contributed by atoms with Crippen LogP contribution in [-0.4, -0.2) is 30.0 Å². The van der Waals surface area contributed by atoms with Crippen molar-refractivity contribution in [3.63, 3.8) is 0 Å². The maximum Gasteiger partial charge on any atom is 0.315 e. The lowest BCUT2D eigenvalue weighted by Gasteiger charge is -2.19. The van der Waals surface area contributed by atoms with Crippen LogP contribution in [0, 0.1) is 5.92 Å². The quantitative estimate of drug-likeness (QED) is 0.701. The molecule has 0 spiro atoms. The number of amides is 2. The van der Waals surface area contributed by atoms with Crippen molar-refractivity contribution in [2.24, 2.45) is 5.92 Å². The van der Waals surface area contributed by atoms with Crippen LogP contribution in [0.15, 0.2) is 29.2 Å². The summed E-state index contributed by atoms with van der Waals surface area (Å²) in [6.07, 6.45) is 2.03. The minimum atomic E-state index is -0.207. The highest BCUT2D eigenvalue weighted by molar-refractivity contribution is 7.98. The molecular weight excluding hydrogens is 260 g/mol. The van der Waals surface area contributed by atoms with E-state index in [1.54, 1.807) is 11.8 Å². The second kappa shape index (κ2) is 8.07. The summed E-state index contributed by atoms with van der Waals surface area (Å²) in [7, 11) is 0. The number of urea groups is 1.